The number of urea groups is 1. The van der Waals surface area contributed by atoms with E-state index in [0.717, 1.165) is 30.5 Å². The number of rotatable bonds is 5. The summed E-state index contributed by atoms with van der Waals surface area (Å²) in [6.07, 6.45) is 9.83. The number of thiophene rings is 1. The van der Waals surface area contributed by atoms with Crippen molar-refractivity contribution in [1.82, 2.24) is 9.88 Å². The van der Waals surface area contributed by atoms with E-state index in [9.17, 15) is 4.79 Å². The highest BCUT2D eigenvalue weighted by molar-refractivity contribution is 7.14. The molecule has 3 aromatic rings. The minimum Gasteiger partial charge on any atom is -0.334 e. The van der Waals surface area contributed by atoms with Crippen LogP contribution in [0.15, 0.2) is 48.8 Å². The molecule has 1 aliphatic carbocycles. The number of nitrogens with zero attached hydrogens (tertiary/aromatic N) is 1. The van der Waals surface area contributed by atoms with Gasteiger partial charge in [-0.2, -0.15) is 0 Å². The molecule has 0 saturated carbocycles. The Morgan fingerprint density at radius 3 is 2.70 bits per heavy atom. The number of anilines is 1. The van der Waals surface area contributed by atoms with Crippen LogP contribution in [0.5, 0.6) is 0 Å². The third-order valence-electron chi connectivity index (χ3n) is 5.17. The van der Waals surface area contributed by atoms with Crippen molar-refractivity contribution in [2.45, 2.75) is 45.6 Å². The molecule has 0 bridgehead atoms. The number of aryl methyl sites for hydroxylation is 2. The lowest BCUT2D eigenvalue weighted by atomic mass is 9.95. The van der Waals surface area contributed by atoms with Gasteiger partial charge in [0.05, 0.1) is 0 Å². The first-order valence-electron chi connectivity index (χ1n) is 9.65. The molecular weight excluding hydrogens is 354 g/mol. The predicted molar refractivity (Wildman–Crippen MR) is 112 cm³/mol. The average molecular weight is 380 g/mol. The maximum Gasteiger partial charge on any atom is 0.319 e. The highest BCUT2D eigenvalue weighted by Crippen LogP contribution is 2.36. The average Bonchev–Trinajstić information content (AvgIpc) is 3.34. The van der Waals surface area contributed by atoms with Gasteiger partial charge >= 0.3 is 6.03 Å². The number of carbonyl (C=O) groups is 1. The Bertz CT molecular complexity index is 927. The van der Waals surface area contributed by atoms with Gasteiger partial charge in [-0.25, -0.2) is 4.79 Å². The van der Waals surface area contributed by atoms with Crippen LogP contribution >= 0.6 is 11.3 Å². The van der Waals surface area contributed by atoms with Crippen LogP contribution in [0, 0.1) is 0 Å². The third-order valence-corrected chi connectivity index (χ3v) is 6.52. The minimum absolute atomic E-state index is 0.148. The molecule has 0 saturated heterocycles. The SMILES string of the molecule is CCc1ccccc1NC(=O)NCc1c(-n2cccc2)sc2c1CCCC2. The number of carbonyl (C=O) groups excluding carboxylic acids is 1. The van der Waals surface area contributed by atoms with Gasteiger partial charge in [0.2, 0.25) is 0 Å². The van der Waals surface area contributed by atoms with Gasteiger partial charge in [0, 0.05) is 35.1 Å². The number of nitrogens with one attached hydrogen (secondary N) is 2. The molecule has 5 heteroatoms. The van der Waals surface area contributed by atoms with Gasteiger partial charge in [-0.1, -0.05) is 25.1 Å². The second kappa shape index (κ2) is 8.01. The lowest BCUT2D eigenvalue weighted by molar-refractivity contribution is 0.251. The molecule has 0 radical (unpaired) electrons. The fourth-order valence-corrected chi connectivity index (χ4v) is 5.14. The minimum atomic E-state index is -0.148. The number of benzene rings is 1. The zero-order valence-electron chi connectivity index (χ0n) is 15.6. The van der Waals surface area contributed by atoms with E-state index in [2.05, 4.69) is 40.6 Å². The summed E-state index contributed by atoms with van der Waals surface area (Å²) in [5.74, 6) is 0. The van der Waals surface area contributed by atoms with Crippen LogP contribution in [-0.4, -0.2) is 10.6 Å². The molecule has 4 nitrogen and oxygen atoms in total. The van der Waals surface area contributed by atoms with E-state index >= 15 is 0 Å². The molecule has 0 atom stereocenters. The van der Waals surface area contributed by atoms with E-state index in [1.807, 2.05) is 41.7 Å². The number of amides is 2. The molecular formula is C22H25N3OS. The van der Waals surface area contributed by atoms with Gasteiger partial charge in [-0.3, -0.25) is 0 Å². The fraction of sp³-hybridized carbons (Fsp3) is 0.318. The van der Waals surface area contributed by atoms with Crippen LogP contribution in [0.25, 0.3) is 5.00 Å². The van der Waals surface area contributed by atoms with Gasteiger partial charge in [0.15, 0.2) is 0 Å². The zero-order valence-corrected chi connectivity index (χ0v) is 16.4. The first-order valence-corrected chi connectivity index (χ1v) is 10.5. The van der Waals surface area contributed by atoms with Crippen LogP contribution in [0.3, 0.4) is 0 Å². The van der Waals surface area contributed by atoms with Crippen molar-refractivity contribution in [2.75, 3.05) is 5.32 Å². The van der Waals surface area contributed by atoms with Gasteiger partial charge in [-0.05, 0) is 61.4 Å². The monoisotopic (exact) mass is 379 g/mol. The van der Waals surface area contributed by atoms with E-state index in [0.29, 0.717) is 6.54 Å². The van der Waals surface area contributed by atoms with Crippen LogP contribution in [0.2, 0.25) is 0 Å². The molecule has 4 rings (SSSR count). The Labute approximate surface area is 164 Å². The molecule has 140 valence electrons. The molecule has 2 aromatic heterocycles. The molecule has 0 spiro atoms. The number of fused-ring (bicyclic) bond motifs is 1. The fourth-order valence-electron chi connectivity index (χ4n) is 3.76. The van der Waals surface area contributed by atoms with Crippen molar-refractivity contribution in [3.8, 4) is 5.00 Å². The van der Waals surface area contributed by atoms with E-state index < -0.39 is 0 Å². The second-order valence-electron chi connectivity index (χ2n) is 6.90. The van der Waals surface area contributed by atoms with Gasteiger partial charge in [-0.15, -0.1) is 11.3 Å². The molecule has 2 heterocycles. The van der Waals surface area contributed by atoms with Crippen molar-refractivity contribution in [2.24, 2.45) is 0 Å². The molecule has 1 aromatic carbocycles. The van der Waals surface area contributed by atoms with Crippen LogP contribution in [0.4, 0.5) is 10.5 Å². The summed E-state index contributed by atoms with van der Waals surface area (Å²) < 4.78 is 2.17. The third kappa shape index (κ3) is 3.78. The summed E-state index contributed by atoms with van der Waals surface area (Å²) >= 11 is 1.87. The zero-order chi connectivity index (χ0) is 18.6. The van der Waals surface area contributed by atoms with Crippen LogP contribution in [-0.2, 0) is 25.8 Å². The predicted octanol–water partition coefficient (Wildman–Crippen LogP) is 5.30. The summed E-state index contributed by atoms with van der Waals surface area (Å²) in [5.41, 5.74) is 4.75. The quantitative estimate of drug-likeness (QED) is 0.621. The van der Waals surface area contributed by atoms with Crippen molar-refractivity contribution in [3.63, 3.8) is 0 Å². The maximum absolute atomic E-state index is 12.5. The first kappa shape index (κ1) is 17.9. The molecule has 0 fully saturated rings. The Morgan fingerprint density at radius 1 is 1.11 bits per heavy atom. The molecule has 1 aliphatic rings. The van der Waals surface area contributed by atoms with E-state index in [1.54, 1.807) is 0 Å². The lowest BCUT2D eigenvalue weighted by Crippen LogP contribution is -2.29. The lowest BCUT2D eigenvalue weighted by Gasteiger charge is -2.15. The molecule has 2 amide bonds. The highest BCUT2D eigenvalue weighted by Gasteiger charge is 2.21. The Morgan fingerprint density at radius 2 is 1.89 bits per heavy atom. The largest absolute Gasteiger partial charge is 0.334 e. The van der Waals surface area contributed by atoms with E-state index in [-0.39, 0.29) is 6.03 Å². The van der Waals surface area contributed by atoms with E-state index in [4.69, 9.17) is 0 Å². The van der Waals surface area contributed by atoms with Crippen LogP contribution < -0.4 is 10.6 Å². The van der Waals surface area contributed by atoms with Gasteiger partial charge in [0.25, 0.3) is 0 Å². The first-order chi connectivity index (χ1) is 13.3. The summed E-state index contributed by atoms with van der Waals surface area (Å²) in [6, 6.07) is 11.9. The molecule has 0 unspecified atom stereocenters. The highest BCUT2D eigenvalue weighted by atomic mass is 32.1. The molecule has 27 heavy (non-hydrogen) atoms. The van der Waals surface area contributed by atoms with Crippen molar-refractivity contribution < 1.29 is 4.79 Å². The Balaban J connectivity index is 1.52. The van der Waals surface area contributed by atoms with E-state index in [1.165, 1.54) is 33.8 Å². The Hall–Kier alpha value is -2.53. The smallest absolute Gasteiger partial charge is 0.319 e. The maximum atomic E-state index is 12.5. The molecule has 0 aliphatic heterocycles. The van der Waals surface area contributed by atoms with Crippen LogP contribution in [0.1, 0.15) is 41.3 Å². The summed E-state index contributed by atoms with van der Waals surface area (Å²) in [4.78, 5) is 14.0. The standard InChI is InChI=1S/C22H25N3OS/c1-2-16-9-3-5-11-19(16)24-22(26)23-15-18-17-10-4-6-12-20(17)27-21(18)25-13-7-8-14-25/h3,5,7-9,11,13-14H,2,4,6,10,12,15H2,1H3,(H2,23,24,26). The Kier molecular flexibility index (Phi) is 5.30. The van der Waals surface area contributed by atoms with Gasteiger partial charge in [0.1, 0.15) is 5.00 Å². The number of hydrogen-bond donors (Lipinski definition) is 2. The summed E-state index contributed by atoms with van der Waals surface area (Å²) in [5, 5.41) is 7.32. The van der Waals surface area contributed by atoms with Gasteiger partial charge < -0.3 is 15.2 Å². The van der Waals surface area contributed by atoms with Crippen molar-refractivity contribution in [3.05, 3.63) is 70.4 Å². The second-order valence-corrected chi connectivity index (χ2v) is 7.99. The van der Waals surface area contributed by atoms with Crippen molar-refractivity contribution >= 4 is 23.1 Å². The topological polar surface area (TPSA) is 46.1 Å². The summed E-state index contributed by atoms with van der Waals surface area (Å²) in [7, 11) is 0. The number of hydrogen-bond acceptors (Lipinski definition) is 2. The molecule has 2 N–H and O–H groups in total. The normalized spacial score (nSPS) is 13.2. The van der Waals surface area contributed by atoms with Crippen molar-refractivity contribution in [1.29, 1.82) is 0 Å². The number of para-hydroxylation sites is 1. The summed E-state index contributed by atoms with van der Waals surface area (Å²) in [6.45, 7) is 2.65. The number of aromatic nitrogens is 1.